The highest BCUT2D eigenvalue weighted by Gasteiger charge is 2.52. The molecule has 2 aromatic rings. The Morgan fingerprint density at radius 3 is 2.59 bits per heavy atom. The van der Waals surface area contributed by atoms with Crippen molar-refractivity contribution in [3.63, 3.8) is 0 Å². The predicted molar refractivity (Wildman–Crippen MR) is 107 cm³/mol. The first-order valence-corrected chi connectivity index (χ1v) is 10.0. The van der Waals surface area contributed by atoms with Gasteiger partial charge in [-0.05, 0) is 37.3 Å². The minimum atomic E-state index is -1.51. The Bertz CT molecular complexity index is 930. The van der Waals surface area contributed by atoms with Crippen LogP contribution in [0.1, 0.15) is 21.7 Å². The smallest absolute Gasteiger partial charge is 0.205 e. The monoisotopic (exact) mass is 383 g/mol. The van der Waals surface area contributed by atoms with Crippen molar-refractivity contribution in [3.8, 4) is 0 Å². The highest BCUT2D eigenvalue weighted by molar-refractivity contribution is 7.16. The summed E-state index contributed by atoms with van der Waals surface area (Å²) in [4.78, 5) is 22.9. The third kappa shape index (κ3) is 2.61. The van der Waals surface area contributed by atoms with Gasteiger partial charge < -0.3 is 19.6 Å². The maximum absolute atomic E-state index is 12.9. The Balaban J connectivity index is 1.48. The van der Waals surface area contributed by atoms with Crippen LogP contribution >= 0.6 is 11.3 Å². The third-order valence-electron chi connectivity index (χ3n) is 5.52. The van der Waals surface area contributed by atoms with Gasteiger partial charge in [-0.2, -0.15) is 0 Å². The molecule has 7 heteroatoms. The third-order valence-corrected chi connectivity index (χ3v) is 6.47. The van der Waals surface area contributed by atoms with Crippen molar-refractivity contribution in [2.24, 2.45) is 4.99 Å². The molecule has 0 saturated carbocycles. The first kappa shape index (κ1) is 16.9. The first-order valence-electron chi connectivity index (χ1n) is 9.23. The number of thiophene rings is 1. The highest BCUT2D eigenvalue weighted by Crippen LogP contribution is 2.43. The molecular weight excluding hydrogens is 362 g/mol. The molecule has 4 heterocycles. The normalized spacial score (nSPS) is 24.7. The summed E-state index contributed by atoms with van der Waals surface area (Å²) in [6, 6.07) is 10.1. The van der Waals surface area contributed by atoms with E-state index in [4.69, 9.17) is 4.74 Å². The van der Waals surface area contributed by atoms with Crippen molar-refractivity contribution < 1.29 is 14.6 Å². The van der Waals surface area contributed by atoms with Crippen molar-refractivity contribution in [1.82, 2.24) is 0 Å². The van der Waals surface area contributed by atoms with Gasteiger partial charge in [-0.15, -0.1) is 11.3 Å². The summed E-state index contributed by atoms with van der Waals surface area (Å²) >= 11 is 1.50. The van der Waals surface area contributed by atoms with Gasteiger partial charge in [-0.25, -0.2) is 4.99 Å². The Morgan fingerprint density at radius 2 is 1.85 bits per heavy atom. The number of amidine groups is 1. The lowest BCUT2D eigenvalue weighted by Gasteiger charge is -2.30. The lowest BCUT2D eigenvalue weighted by atomic mass is 9.90. The fraction of sp³-hybridized carbons (Fsp3) is 0.400. The predicted octanol–water partition coefficient (Wildman–Crippen LogP) is 2.76. The van der Waals surface area contributed by atoms with Crippen LogP contribution in [0.4, 0.5) is 16.4 Å². The fourth-order valence-corrected chi connectivity index (χ4v) is 4.94. The Kier molecular flexibility index (Phi) is 3.86. The Labute approximate surface area is 161 Å². The molecule has 3 aliphatic rings. The lowest BCUT2D eigenvalue weighted by Crippen LogP contribution is -2.48. The summed E-state index contributed by atoms with van der Waals surface area (Å²) in [5, 5.41) is 11.8. The Hall–Kier alpha value is -2.22. The average Bonchev–Trinajstić information content (AvgIpc) is 3.23. The number of benzene rings is 1. The number of ketones is 1. The number of morpholine rings is 1. The molecule has 0 spiro atoms. The second-order valence-corrected chi connectivity index (χ2v) is 8.45. The number of carbonyl (C=O) groups excluding carboxylic acids is 1. The van der Waals surface area contributed by atoms with Gasteiger partial charge in [0.2, 0.25) is 5.78 Å². The van der Waals surface area contributed by atoms with E-state index in [-0.39, 0.29) is 5.78 Å². The van der Waals surface area contributed by atoms with Crippen molar-refractivity contribution in [1.29, 1.82) is 0 Å². The van der Waals surface area contributed by atoms with E-state index in [2.05, 4.69) is 22.0 Å². The average molecular weight is 383 g/mol. The van der Waals surface area contributed by atoms with E-state index in [9.17, 15) is 9.90 Å². The van der Waals surface area contributed by atoms with Crippen molar-refractivity contribution in [3.05, 3.63) is 40.8 Å². The van der Waals surface area contributed by atoms with Crippen molar-refractivity contribution >= 4 is 39.3 Å². The second kappa shape index (κ2) is 6.15. The number of anilines is 2. The molecule has 2 fully saturated rings. The van der Waals surface area contributed by atoms with Crippen LogP contribution in [-0.2, 0) is 4.74 Å². The number of hydrogen-bond donors (Lipinski definition) is 1. The number of rotatable bonds is 2. The van der Waals surface area contributed by atoms with Gasteiger partial charge in [0.1, 0.15) is 5.00 Å². The fourth-order valence-electron chi connectivity index (χ4n) is 4.07. The van der Waals surface area contributed by atoms with Crippen LogP contribution in [0.25, 0.3) is 0 Å². The number of nitrogens with zero attached hydrogens (tertiary/aromatic N) is 3. The topological polar surface area (TPSA) is 65.4 Å². The maximum Gasteiger partial charge on any atom is 0.205 e. The van der Waals surface area contributed by atoms with Gasteiger partial charge >= 0.3 is 0 Å². The van der Waals surface area contributed by atoms with Gasteiger partial charge in [-0.1, -0.05) is 0 Å². The number of aliphatic hydroxyl groups is 1. The molecule has 3 aliphatic heterocycles. The molecule has 1 N–H and O–H groups in total. The van der Waals surface area contributed by atoms with E-state index in [1.165, 1.54) is 11.3 Å². The minimum Gasteiger partial charge on any atom is -0.378 e. The summed E-state index contributed by atoms with van der Waals surface area (Å²) in [7, 11) is 0. The van der Waals surface area contributed by atoms with E-state index in [0.717, 1.165) is 42.6 Å². The van der Waals surface area contributed by atoms with Gasteiger partial charge in [0.15, 0.2) is 11.4 Å². The van der Waals surface area contributed by atoms with Crippen LogP contribution in [0.3, 0.4) is 0 Å². The van der Waals surface area contributed by atoms with E-state index in [1.54, 1.807) is 0 Å². The molecule has 1 aromatic heterocycles. The second-order valence-electron chi connectivity index (χ2n) is 7.22. The van der Waals surface area contributed by atoms with Crippen molar-refractivity contribution in [2.45, 2.75) is 18.9 Å². The molecule has 0 bridgehead atoms. The summed E-state index contributed by atoms with van der Waals surface area (Å²) in [6.45, 7) is 5.82. The first-order chi connectivity index (χ1) is 13.1. The number of hydrogen-bond acceptors (Lipinski definition) is 7. The molecule has 0 aliphatic carbocycles. The van der Waals surface area contributed by atoms with Crippen LogP contribution in [-0.4, -0.2) is 55.2 Å². The van der Waals surface area contributed by atoms with Crippen LogP contribution in [0.2, 0.25) is 0 Å². The van der Waals surface area contributed by atoms with Gasteiger partial charge in [0.25, 0.3) is 0 Å². The van der Waals surface area contributed by atoms with E-state index in [0.29, 0.717) is 29.4 Å². The molecular formula is C20H21N3O3S. The molecule has 0 radical (unpaired) electrons. The SMILES string of the molecule is Cc1cc2c(s1)N=C1N(c3ccc(N4CCOCC4)cc3)CC[C@@]1(O)C2=O. The molecule has 0 unspecified atom stereocenters. The zero-order valence-electron chi connectivity index (χ0n) is 15.1. The summed E-state index contributed by atoms with van der Waals surface area (Å²) in [5.41, 5.74) is 1.15. The number of fused-ring (bicyclic) bond motifs is 2. The van der Waals surface area contributed by atoms with E-state index in [1.807, 2.05) is 30.0 Å². The van der Waals surface area contributed by atoms with Gasteiger partial charge in [0, 0.05) is 42.3 Å². The van der Waals surface area contributed by atoms with Crippen molar-refractivity contribution in [2.75, 3.05) is 42.6 Å². The lowest BCUT2D eigenvalue weighted by molar-refractivity contribution is 0.0603. The molecule has 0 amide bonds. The number of aliphatic imine (C=N–C) groups is 1. The van der Waals surface area contributed by atoms with Crippen LogP contribution < -0.4 is 9.80 Å². The highest BCUT2D eigenvalue weighted by atomic mass is 32.1. The summed E-state index contributed by atoms with van der Waals surface area (Å²) < 4.78 is 5.41. The number of Topliss-reactive ketones (excluding diaryl/α,β-unsaturated/α-hetero) is 1. The number of ether oxygens (including phenoxy) is 1. The quantitative estimate of drug-likeness (QED) is 0.864. The molecule has 1 aromatic carbocycles. The largest absolute Gasteiger partial charge is 0.378 e. The van der Waals surface area contributed by atoms with Gasteiger partial charge in [-0.3, -0.25) is 4.79 Å². The summed E-state index contributed by atoms with van der Waals surface area (Å²) in [5.74, 6) is 0.236. The molecule has 6 nitrogen and oxygen atoms in total. The zero-order valence-corrected chi connectivity index (χ0v) is 16.0. The maximum atomic E-state index is 12.9. The minimum absolute atomic E-state index is 0.223. The standard InChI is InChI=1S/C20H21N3O3S/c1-13-12-16-17(24)20(25)6-7-23(19(20)21-18(16)27-13)15-4-2-14(3-5-15)22-8-10-26-11-9-22/h2-5,12,25H,6-11H2,1H3/t20-/m1/s1. The molecule has 2 saturated heterocycles. The zero-order chi connectivity index (χ0) is 18.6. The molecule has 140 valence electrons. The van der Waals surface area contributed by atoms with E-state index < -0.39 is 5.60 Å². The van der Waals surface area contributed by atoms with Crippen LogP contribution in [0.15, 0.2) is 35.3 Å². The van der Waals surface area contributed by atoms with Gasteiger partial charge in [0.05, 0.1) is 18.8 Å². The van der Waals surface area contributed by atoms with Crippen LogP contribution in [0, 0.1) is 6.92 Å². The summed E-state index contributed by atoms with van der Waals surface area (Å²) in [6.07, 6.45) is 0.365. The molecule has 27 heavy (non-hydrogen) atoms. The molecule has 5 rings (SSSR count). The van der Waals surface area contributed by atoms with E-state index >= 15 is 0 Å². The number of aryl methyl sites for hydroxylation is 1. The number of carbonyl (C=O) groups is 1. The molecule has 1 atom stereocenters. The van der Waals surface area contributed by atoms with Crippen LogP contribution in [0.5, 0.6) is 0 Å². The Morgan fingerprint density at radius 1 is 1.15 bits per heavy atom.